The Hall–Kier alpha value is -2.11. The first kappa shape index (κ1) is 16.9. The third-order valence-corrected chi connectivity index (χ3v) is 3.15. The molecular formula is C15H23N3O3. The molecule has 0 aromatic heterocycles. The summed E-state index contributed by atoms with van der Waals surface area (Å²) >= 11 is 0. The van der Waals surface area contributed by atoms with Gasteiger partial charge in [0.25, 0.3) is 11.8 Å². The SMILES string of the molecule is C=C(C)C(=O)N1CN(C(=O)CCC)CN(C(=O)C(=C)C)C1. The largest absolute Gasteiger partial charge is 0.307 e. The van der Waals surface area contributed by atoms with Gasteiger partial charge in [0.15, 0.2) is 0 Å². The molecule has 0 bridgehead atoms. The van der Waals surface area contributed by atoms with Gasteiger partial charge in [0.05, 0.1) is 20.0 Å². The summed E-state index contributed by atoms with van der Waals surface area (Å²) in [6.07, 6.45) is 1.11. The fraction of sp³-hybridized carbons (Fsp3) is 0.533. The minimum Gasteiger partial charge on any atom is -0.307 e. The topological polar surface area (TPSA) is 60.9 Å². The van der Waals surface area contributed by atoms with Crippen molar-refractivity contribution in [2.75, 3.05) is 20.0 Å². The van der Waals surface area contributed by atoms with Crippen molar-refractivity contribution < 1.29 is 14.4 Å². The van der Waals surface area contributed by atoms with Gasteiger partial charge in [0.2, 0.25) is 5.91 Å². The Bertz CT molecular complexity index is 451. The molecule has 0 aromatic rings. The van der Waals surface area contributed by atoms with Gasteiger partial charge in [-0.1, -0.05) is 20.1 Å². The molecule has 1 heterocycles. The monoisotopic (exact) mass is 293 g/mol. The minimum absolute atomic E-state index is 0.0729. The van der Waals surface area contributed by atoms with E-state index in [1.54, 1.807) is 13.8 Å². The van der Waals surface area contributed by atoms with Crippen LogP contribution in [0.25, 0.3) is 0 Å². The zero-order valence-corrected chi connectivity index (χ0v) is 13.0. The summed E-state index contributed by atoms with van der Waals surface area (Å²) in [7, 11) is 0. The summed E-state index contributed by atoms with van der Waals surface area (Å²) in [6, 6.07) is 0. The van der Waals surface area contributed by atoms with Gasteiger partial charge in [0.1, 0.15) is 0 Å². The van der Waals surface area contributed by atoms with Crippen LogP contribution in [0, 0.1) is 0 Å². The lowest BCUT2D eigenvalue weighted by atomic mass is 10.2. The molecular weight excluding hydrogens is 270 g/mol. The fourth-order valence-corrected chi connectivity index (χ4v) is 2.08. The maximum Gasteiger partial charge on any atom is 0.251 e. The van der Waals surface area contributed by atoms with Gasteiger partial charge in [-0.05, 0) is 20.3 Å². The first-order valence-corrected chi connectivity index (χ1v) is 6.95. The molecule has 1 rings (SSSR count). The number of nitrogens with zero attached hydrogens (tertiary/aromatic N) is 3. The van der Waals surface area contributed by atoms with Crippen LogP contribution in [0.2, 0.25) is 0 Å². The Kier molecular flexibility index (Phi) is 5.69. The highest BCUT2D eigenvalue weighted by Crippen LogP contribution is 2.14. The van der Waals surface area contributed by atoms with Crippen LogP contribution in [0.1, 0.15) is 33.6 Å². The first-order valence-electron chi connectivity index (χ1n) is 6.95. The number of carbonyl (C=O) groups is 3. The fourth-order valence-electron chi connectivity index (χ4n) is 2.08. The third kappa shape index (κ3) is 4.18. The predicted octanol–water partition coefficient (Wildman–Crippen LogP) is 1.31. The zero-order chi connectivity index (χ0) is 16.2. The molecule has 0 saturated carbocycles. The molecule has 1 aliphatic rings. The number of carbonyl (C=O) groups excluding carboxylic acids is 3. The average molecular weight is 293 g/mol. The average Bonchev–Trinajstić information content (AvgIpc) is 2.45. The van der Waals surface area contributed by atoms with Crippen LogP contribution in [-0.2, 0) is 14.4 Å². The molecule has 1 aliphatic heterocycles. The highest BCUT2D eigenvalue weighted by Gasteiger charge is 2.31. The maximum absolute atomic E-state index is 12.1. The summed E-state index contributed by atoms with van der Waals surface area (Å²) < 4.78 is 0. The first-order chi connectivity index (χ1) is 9.77. The van der Waals surface area contributed by atoms with E-state index >= 15 is 0 Å². The Morgan fingerprint density at radius 2 is 1.24 bits per heavy atom. The highest BCUT2D eigenvalue weighted by molar-refractivity contribution is 5.95. The lowest BCUT2D eigenvalue weighted by Crippen LogP contribution is -2.59. The Labute approximate surface area is 125 Å². The van der Waals surface area contributed by atoms with E-state index in [9.17, 15) is 14.4 Å². The second-order valence-corrected chi connectivity index (χ2v) is 5.36. The van der Waals surface area contributed by atoms with Gasteiger partial charge in [-0.15, -0.1) is 0 Å². The molecule has 0 unspecified atom stereocenters. The molecule has 3 amide bonds. The summed E-state index contributed by atoms with van der Waals surface area (Å²) in [4.78, 5) is 40.7. The lowest BCUT2D eigenvalue weighted by Gasteiger charge is -2.42. The summed E-state index contributed by atoms with van der Waals surface area (Å²) in [5, 5.41) is 0. The van der Waals surface area contributed by atoms with Crippen molar-refractivity contribution in [1.82, 2.24) is 14.7 Å². The third-order valence-electron chi connectivity index (χ3n) is 3.15. The second-order valence-electron chi connectivity index (χ2n) is 5.36. The van der Waals surface area contributed by atoms with E-state index in [1.807, 2.05) is 6.92 Å². The van der Waals surface area contributed by atoms with Crippen LogP contribution in [0.4, 0.5) is 0 Å². The number of hydrogen-bond donors (Lipinski definition) is 0. The van der Waals surface area contributed by atoms with Crippen LogP contribution in [0.15, 0.2) is 24.3 Å². The number of amides is 3. The molecule has 0 N–H and O–H groups in total. The van der Waals surface area contributed by atoms with Crippen LogP contribution < -0.4 is 0 Å². The van der Waals surface area contributed by atoms with Crippen LogP contribution >= 0.6 is 0 Å². The summed E-state index contributed by atoms with van der Waals surface area (Å²) in [6.45, 7) is 12.9. The summed E-state index contributed by atoms with van der Waals surface area (Å²) in [5.74, 6) is -0.594. The Morgan fingerprint density at radius 3 is 1.57 bits per heavy atom. The zero-order valence-electron chi connectivity index (χ0n) is 13.0. The molecule has 6 heteroatoms. The van der Waals surface area contributed by atoms with Crippen molar-refractivity contribution in [2.45, 2.75) is 33.6 Å². The van der Waals surface area contributed by atoms with Gasteiger partial charge in [-0.25, -0.2) is 0 Å². The van der Waals surface area contributed by atoms with Crippen molar-refractivity contribution in [3.8, 4) is 0 Å². The number of hydrogen-bond acceptors (Lipinski definition) is 3. The molecule has 0 aromatic carbocycles. The smallest absolute Gasteiger partial charge is 0.251 e. The van der Waals surface area contributed by atoms with Crippen LogP contribution in [0.5, 0.6) is 0 Å². The molecule has 0 radical (unpaired) electrons. The molecule has 0 aliphatic carbocycles. The molecule has 6 nitrogen and oxygen atoms in total. The quantitative estimate of drug-likeness (QED) is 0.734. The van der Waals surface area contributed by atoms with Crippen molar-refractivity contribution in [1.29, 1.82) is 0 Å². The van der Waals surface area contributed by atoms with E-state index < -0.39 is 0 Å². The molecule has 116 valence electrons. The van der Waals surface area contributed by atoms with Crippen LogP contribution in [-0.4, -0.2) is 52.4 Å². The number of rotatable bonds is 4. The predicted molar refractivity (Wildman–Crippen MR) is 79.7 cm³/mol. The van der Waals surface area contributed by atoms with Gasteiger partial charge in [0, 0.05) is 17.6 Å². The van der Waals surface area contributed by atoms with Gasteiger partial charge in [-0.2, -0.15) is 0 Å². The lowest BCUT2D eigenvalue weighted by molar-refractivity contribution is -0.155. The van der Waals surface area contributed by atoms with E-state index in [1.165, 1.54) is 14.7 Å². The molecule has 0 spiro atoms. The standard InChI is InChI=1S/C15H23N3O3/c1-6-7-13(19)16-8-17(14(20)11(2)3)10-18(9-16)15(21)12(4)5/h2,4,6-10H2,1,3,5H3. The second kappa shape index (κ2) is 7.06. The van der Waals surface area contributed by atoms with E-state index in [0.717, 1.165) is 6.42 Å². The molecule has 1 saturated heterocycles. The molecule has 0 atom stereocenters. The van der Waals surface area contributed by atoms with Gasteiger partial charge < -0.3 is 14.7 Å². The van der Waals surface area contributed by atoms with Crippen LogP contribution in [0.3, 0.4) is 0 Å². The van der Waals surface area contributed by atoms with E-state index in [2.05, 4.69) is 13.2 Å². The minimum atomic E-state index is -0.261. The van der Waals surface area contributed by atoms with Crippen molar-refractivity contribution in [3.63, 3.8) is 0 Å². The van der Waals surface area contributed by atoms with Gasteiger partial charge in [-0.3, -0.25) is 14.4 Å². The molecule has 21 heavy (non-hydrogen) atoms. The molecule has 1 fully saturated rings. The maximum atomic E-state index is 12.1. The van der Waals surface area contributed by atoms with Gasteiger partial charge >= 0.3 is 0 Å². The van der Waals surface area contributed by atoms with E-state index in [4.69, 9.17) is 0 Å². The Balaban J connectivity index is 2.95. The summed E-state index contributed by atoms with van der Waals surface area (Å²) in [5.41, 5.74) is 0.755. The normalized spacial score (nSPS) is 14.9. The van der Waals surface area contributed by atoms with E-state index in [-0.39, 0.29) is 37.7 Å². The highest BCUT2D eigenvalue weighted by atomic mass is 16.2. The van der Waals surface area contributed by atoms with Crippen molar-refractivity contribution in [3.05, 3.63) is 24.3 Å². The van der Waals surface area contributed by atoms with E-state index in [0.29, 0.717) is 17.6 Å². The van der Waals surface area contributed by atoms with Crippen molar-refractivity contribution in [2.24, 2.45) is 0 Å². The van der Waals surface area contributed by atoms with Crippen molar-refractivity contribution >= 4 is 17.7 Å². The Morgan fingerprint density at radius 1 is 0.857 bits per heavy atom.